The Morgan fingerprint density at radius 2 is 1.28 bits per heavy atom. The minimum absolute atomic E-state index is 0.199. The second-order valence-corrected chi connectivity index (χ2v) is 5.57. The lowest BCUT2D eigenvalue weighted by Crippen LogP contribution is -2.24. The van der Waals surface area contributed by atoms with E-state index in [-0.39, 0.29) is 5.82 Å². The fourth-order valence-electron chi connectivity index (χ4n) is 2.78. The van der Waals surface area contributed by atoms with Gasteiger partial charge in [0.05, 0.1) is 6.20 Å². The first kappa shape index (κ1) is 15.4. The largest absolute Gasteiger partial charge is 0.434 e. The zero-order valence-electron chi connectivity index (χ0n) is 13.0. The van der Waals surface area contributed by atoms with Gasteiger partial charge in [0.25, 0.3) is 0 Å². The van der Waals surface area contributed by atoms with Crippen molar-refractivity contribution in [2.45, 2.75) is 6.18 Å². The Hall–Kier alpha value is -3.09. The Bertz CT molecular complexity index is 882. The van der Waals surface area contributed by atoms with Crippen LogP contribution in [0.2, 0.25) is 0 Å². The molecule has 0 radical (unpaired) electrons. The van der Waals surface area contributed by atoms with Gasteiger partial charge in [0.1, 0.15) is 6.67 Å². The summed E-state index contributed by atoms with van der Waals surface area (Å²) in [6.07, 6.45) is -3.76. The van der Waals surface area contributed by atoms with Gasteiger partial charge in [-0.05, 0) is 24.3 Å². The summed E-state index contributed by atoms with van der Waals surface area (Å²) in [5.74, 6) is 0.605. The van der Waals surface area contributed by atoms with Crippen molar-refractivity contribution in [1.82, 2.24) is 9.97 Å². The third-order valence-electron chi connectivity index (χ3n) is 3.96. The maximum Gasteiger partial charge on any atom is 0.434 e. The van der Waals surface area contributed by atoms with Crippen LogP contribution in [0.1, 0.15) is 5.69 Å². The van der Waals surface area contributed by atoms with Crippen LogP contribution in [0, 0.1) is 0 Å². The van der Waals surface area contributed by atoms with E-state index in [0.29, 0.717) is 12.5 Å². The molecule has 4 nitrogen and oxygen atoms in total. The summed E-state index contributed by atoms with van der Waals surface area (Å²) in [6, 6.07) is 18.6. The van der Waals surface area contributed by atoms with Gasteiger partial charge >= 0.3 is 6.18 Å². The van der Waals surface area contributed by atoms with E-state index in [1.165, 1.54) is 0 Å². The molecule has 0 fully saturated rings. The number of para-hydroxylation sites is 2. The highest BCUT2D eigenvalue weighted by molar-refractivity contribution is 5.81. The Morgan fingerprint density at radius 3 is 1.80 bits per heavy atom. The lowest BCUT2D eigenvalue weighted by atomic mass is 10.3. The van der Waals surface area contributed by atoms with Gasteiger partial charge in [0.2, 0.25) is 0 Å². The normalized spacial score (nSPS) is 13.9. The molecule has 2 aromatic carbocycles. The van der Waals surface area contributed by atoms with Crippen molar-refractivity contribution >= 4 is 23.0 Å². The molecule has 0 N–H and O–H groups in total. The number of hydrogen-bond acceptors (Lipinski definition) is 4. The maximum atomic E-state index is 13.1. The monoisotopic (exact) mass is 342 g/mol. The van der Waals surface area contributed by atoms with E-state index < -0.39 is 11.9 Å². The average molecular weight is 342 g/mol. The minimum Gasteiger partial charge on any atom is -0.305 e. The number of fused-ring (bicyclic) bond motifs is 1. The molecule has 0 saturated carbocycles. The summed E-state index contributed by atoms with van der Waals surface area (Å²) in [6.45, 7) is 0.338. The van der Waals surface area contributed by atoms with Gasteiger partial charge in [0, 0.05) is 11.4 Å². The predicted molar refractivity (Wildman–Crippen MR) is 89.1 cm³/mol. The van der Waals surface area contributed by atoms with Crippen molar-refractivity contribution in [3.8, 4) is 0 Å². The number of halogens is 3. The quantitative estimate of drug-likeness (QED) is 0.673. The van der Waals surface area contributed by atoms with E-state index >= 15 is 0 Å². The molecule has 7 heteroatoms. The average Bonchev–Trinajstić information content (AvgIpc) is 3.01. The molecule has 2 heterocycles. The summed E-state index contributed by atoms with van der Waals surface area (Å²) >= 11 is 0. The zero-order valence-corrected chi connectivity index (χ0v) is 13.0. The lowest BCUT2D eigenvalue weighted by molar-refractivity contribution is -0.141. The summed E-state index contributed by atoms with van der Waals surface area (Å²) in [5, 5.41) is 0. The molecule has 0 unspecified atom stereocenters. The van der Waals surface area contributed by atoms with Gasteiger partial charge in [-0.1, -0.05) is 36.4 Å². The first-order valence-corrected chi connectivity index (χ1v) is 7.63. The molecule has 1 aromatic heterocycles. The summed E-state index contributed by atoms with van der Waals surface area (Å²) in [7, 11) is 0. The first-order chi connectivity index (χ1) is 12.0. The van der Waals surface area contributed by atoms with Gasteiger partial charge in [-0.15, -0.1) is 0 Å². The van der Waals surface area contributed by atoms with Gasteiger partial charge in [0.15, 0.2) is 17.3 Å². The van der Waals surface area contributed by atoms with Crippen LogP contribution in [0.15, 0.2) is 66.9 Å². The van der Waals surface area contributed by atoms with Crippen LogP contribution >= 0.6 is 0 Å². The van der Waals surface area contributed by atoms with Gasteiger partial charge in [-0.25, -0.2) is 9.97 Å². The van der Waals surface area contributed by atoms with Crippen LogP contribution in [0.25, 0.3) is 0 Å². The van der Waals surface area contributed by atoms with Crippen LogP contribution in [-0.4, -0.2) is 16.6 Å². The topological polar surface area (TPSA) is 32.3 Å². The molecule has 0 spiro atoms. The van der Waals surface area contributed by atoms with Crippen molar-refractivity contribution in [3.05, 3.63) is 72.6 Å². The Kier molecular flexibility index (Phi) is 3.56. The summed E-state index contributed by atoms with van der Waals surface area (Å²) in [5.41, 5.74) is 0.606. The standard InChI is InChI=1S/C18H13F3N4/c19-18(20,21)15-11-22-16-17(23-15)25(14-9-5-2-6-10-14)12-24(16)13-7-3-1-4-8-13/h1-11H,12H2. The highest BCUT2D eigenvalue weighted by Gasteiger charge is 2.38. The van der Waals surface area contributed by atoms with Crippen LogP contribution < -0.4 is 9.80 Å². The minimum atomic E-state index is -4.54. The molecule has 0 aliphatic carbocycles. The fraction of sp³-hybridized carbons (Fsp3) is 0.111. The van der Waals surface area contributed by atoms with Crippen LogP contribution in [-0.2, 0) is 6.18 Å². The van der Waals surface area contributed by atoms with E-state index in [9.17, 15) is 13.2 Å². The van der Waals surface area contributed by atoms with Crippen molar-refractivity contribution in [2.75, 3.05) is 16.5 Å². The molecule has 1 aliphatic heterocycles. The SMILES string of the molecule is FC(F)(F)c1cnc2c(n1)N(c1ccccc1)CN2c1ccccc1. The second kappa shape index (κ2) is 5.77. The second-order valence-electron chi connectivity index (χ2n) is 5.57. The molecular weight excluding hydrogens is 329 g/mol. The van der Waals surface area contributed by atoms with Gasteiger partial charge < -0.3 is 9.80 Å². The van der Waals surface area contributed by atoms with Crippen LogP contribution in [0.4, 0.5) is 36.2 Å². The number of aromatic nitrogens is 2. The highest BCUT2D eigenvalue weighted by atomic mass is 19.4. The Balaban J connectivity index is 1.85. The number of benzene rings is 2. The molecule has 3 aromatic rings. The predicted octanol–water partition coefficient (Wildman–Crippen LogP) is 4.74. The van der Waals surface area contributed by atoms with E-state index in [1.54, 1.807) is 4.90 Å². The maximum absolute atomic E-state index is 13.1. The molecule has 0 atom stereocenters. The van der Waals surface area contributed by atoms with E-state index in [4.69, 9.17) is 0 Å². The van der Waals surface area contributed by atoms with E-state index in [2.05, 4.69) is 9.97 Å². The summed E-state index contributed by atoms with van der Waals surface area (Å²) < 4.78 is 39.2. The molecule has 25 heavy (non-hydrogen) atoms. The fourth-order valence-corrected chi connectivity index (χ4v) is 2.78. The molecule has 4 rings (SSSR count). The summed E-state index contributed by atoms with van der Waals surface area (Å²) in [4.78, 5) is 11.5. The van der Waals surface area contributed by atoms with Crippen molar-refractivity contribution in [1.29, 1.82) is 0 Å². The first-order valence-electron chi connectivity index (χ1n) is 7.63. The lowest BCUT2D eigenvalue weighted by Gasteiger charge is -2.20. The number of rotatable bonds is 2. The van der Waals surface area contributed by atoms with Crippen molar-refractivity contribution in [3.63, 3.8) is 0 Å². The Labute approximate surface area is 142 Å². The third-order valence-corrected chi connectivity index (χ3v) is 3.96. The molecule has 0 saturated heterocycles. The molecular formula is C18H13F3N4. The molecule has 1 aliphatic rings. The van der Waals surface area contributed by atoms with Crippen molar-refractivity contribution < 1.29 is 13.2 Å². The van der Waals surface area contributed by atoms with Crippen molar-refractivity contribution in [2.24, 2.45) is 0 Å². The van der Waals surface area contributed by atoms with Crippen LogP contribution in [0.3, 0.4) is 0 Å². The van der Waals surface area contributed by atoms with E-state index in [1.807, 2.05) is 65.6 Å². The van der Waals surface area contributed by atoms with Crippen LogP contribution in [0.5, 0.6) is 0 Å². The number of anilines is 4. The highest BCUT2D eigenvalue weighted by Crippen LogP contribution is 2.42. The van der Waals surface area contributed by atoms with E-state index in [0.717, 1.165) is 17.6 Å². The molecule has 126 valence electrons. The smallest absolute Gasteiger partial charge is 0.305 e. The Morgan fingerprint density at radius 1 is 0.760 bits per heavy atom. The van der Waals surface area contributed by atoms with Gasteiger partial charge in [-0.3, -0.25) is 0 Å². The number of hydrogen-bond donors (Lipinski definition) is 0. The molecule has 0 bridgehead atoms. The molecule has 0 amide bonds. The number of nitrogens with zero attached hydrogens (tertiary/aromatic N) is 4. The van der Waals surface area contributed by atoms with Gasteiger partial charge in [-0.2, -0.15) is 13.2 Å². The zero-order chi connectivity index (χ0) is 17.4. The third kappa shape index (κ3) is 2.77. The number of alkyl halides is 3.